The number of Topliss-reactive ketones (excluding diaryl/α,β-unsaturated/α-hetero) is 1. The van der Waals surface area contributed by atoms with Crippen LogP contribution in [0, 0.1) is 11.6 Å². The molecule has 0 saturated carbocycles. The summed E-state index contributed by atoms with van der Waals surface area (Å²) in [5.74, 6) is -4.14. The monoisotopic (exact) mass is 525 g/mol. The molecule has 0 bridgehead atoms. The maximum atomic E-state index is 13.8. The Balaban J connectivity index is 1.74. The SMILES string of the molecule is COc1cccc(C2/C(=C(\O)c3ccc(Cl)c(OC)c3)C(=O)C(=O)N2c2nc3cc(F)c(F)cc3[nH]2)c1. The van der Waals surface area contributed by atoms with Crippen molar-refractivity contribution >= 4 is 46.0 Å². The molecule has 0 aliphatic carbocycles. The zero-order valence-corrected chi connectivity index (χ0v) is 20.1. The molecule has 11 heteroatoms. The van der Waals surface area contributed by atoms with Crippen LogP contribution in [0.5, 0.6) is 11.5 Å². The van der Waals surface area contributed by atoms with Gasteiger partial charge in [0.05, 0.1) is 41.9 Å². The van der Waals surface area contributed by atoms with E-state index >= 15 is 0 Å². The molecule has 37 heavy (non-hydrogen) atoms. The van der Waals surface area contributed by atoms with Gasteiger partial charge in [0.15, 0.2) is 11.6 Å². The van der Waals surface area contributed by atoms with Gasteiger partial charge in [-0.1, -0.05) is 23.7 Å². The Morgan fingerprint density at radius 1 is 1.05 bits per heavy atom. The molecular weight excluding hydrogens is 508 g/mol. The van der Waals surface area contributed by atoms with E-state index in [2.05, 4.69) is 9.97 Å². The molecule has 1 aromatic heterocycles. The maximum Gasteiger partial charge on any atom is 0.302 e. The van der Waals surface area contributed by atoms with E-state index in [1.807, 2.05) is 0 Å². The van der Waals surface area contributed by atoms with E-state index in [0.29, 0.717) is 11.3 Å². The summed E-state index contributed by atoms with van der Waals surface area (Å²) in [5.41, 5.74) is 0.519. The second-order valence-electron chi connectivity index (χ2n) is 8.14. The molecule has 1 fully saturated rings. The Morgan fingerprint density at radius 2 is 1.81 bits per heavy atom. The number of aromatic nitrogens is 2. The fourth-order valence-corrected chi connectivity index (χ4v) is 4.44. The number of rotatable bonds is 5. The lowest BCUT2D eigenvalue weighted by Gasteiger charge is -2.23. The summed E-state index contributed by atoms with van der Waals surface area (Å²) in [6.45, 7) is 0. The maximum absolute atomic E-state index is 13.8. The number of hydrogen-bond donors (Lipinski definition) is 2. The van der Waals surface area contributed by atoms with Crippen LogP contribution in [-0.4, -0.2) is 41.0 Å². The minimum atomic E-state index is -1.16. The van der Waals surface area contributed by atoms with Gasteiger partial charge < -0.3 is 19.6 Å². The number of H-pyrrole nitrogens is 1. The van der Waals surface area contributed by atoms with Gasteiger partial charge in [0, 0.05) is 17.7 Å². The number of methoxy groups -OCH3 is 2. The molecule has 188 valence electrons. The van der Waals surface area contributed by atoms with Crippen molar-refractivity contribution in [1.29, 1.82) is 0 Å². The number of hydrogen-bond acceptors (Lipinski definition) is 6. The fraction of sp³-hybridized carbons (Fsp3) is 0.115. The molecule has 2 N–H and O–H groups in total. The van der Waals surface area contributed by atoms with Crippen LogP contribution in [-0.2, 0) is 9.59 Å². The van der Waals surface area contributed by atoms with Gasteiger partial charge in [-0.25, -0.2) is 13.8 Å². The Hall–Kier alpha value is -4.44. The van der Waals surface area contributed by atoms with E-state index in [1.165, 1.54) is 32.4 Å². The molecular formula is C26H18ClF2N3O5. The van der Waals surface area contributed by atoms with Gasteiger partial charge in [-0.15, -0.1) is 0 Å². The van der Waals surface area contributed by atoms with Crippen molar-refractivity contribution in [1.82, 2.24) is 9.97 Å². The summed E-state index contributed by atoms with van der Waals surface area (Å²) in [7, 11) is 2.85. The fourth-order valence-electron chi connectivity index (χ4n) is 4.25. The number of nitrogens with one attached hydrogen (secondary N) is 1. The Labute approximate surface area is 213 Å². The number of anilines is 1. The number of halogens is 3. The summed E-state index contributed by atoms with van der Waals surface area (Å²) < 4.78 is 38.1. The van der Waals surface area contributed by atoms with Gasteiger partial charge in [0.25, 0.3) is 5.78 Å². The summed E-state index contributed by atoms with van der Waals surface area (Å²) in [6, 6.07) is 11.6. The normalized spacial score (nSPS) is 17.0. The molecule has 1 unspecified atom stereocenters. The molecule has 3 aromatic carbocycles. The number of imidazole rings is 1. The van der Waals surface area contributed by atoms with Crippen LogP contribution in [0.1, 0.15) is 17.2 Å². The average molecular weight is 526 g/mol. The van der Waals surface area contributed by atoms with E-state index in [-0.39, 0.29) is 38.9 Å². The number of ketones is 1. The molecule has 1 amide bonds. The van der Waals surface area contributed by atoms with Gasteiger partial charge in [-0.05, 0) is 35.9 Å². The Kier molecular flexibility index (Phi) is 6.04. The van der Waals surface area contributed by atoms with Crippen LogP contribution in [0.2, 0.25) is 5.02 Å². The molecule has 0 spiro atoms. The van der Waals surface area contributed by atoms with Crippen molar-refractivity contribution < 1.29 is 33.0 Å². The van der Waals surface area contributed by atoms with Crippen LogP contribution in [0.25, 0.3) is 16.8 Å². The molecule has 8 nitrogen and oxygen atoms in total. The van der Waals surface area contributed by atoms with Gasteiger partial charge in [-0.2, -0.15) is 0 Å². The molecule has 1 aliphatic heterocycles. The van der Waals surface area contributed by atoms with Crippen molar-refractivity contribution in [2.45, 2.75) is 6.04 Å². The number of carbonyl (C=O) groups is 2. The average Bonchev–Trinajstić information content (AvgIpc) is 3.41. The highest BCUT2D eigenvalue weighted by molar-refractivity contribution is 6.51. The lowest BCUT2D eigenvalue weighted by atomic mass is 9.95. The van der Waals surface area contributed by atoms with Gasteiger partial charge in [0.1, 0.15) is 17.3 Å². The van der Waals surface area contributed by atoms with Crippen LogP contribution in [0.4, 0.5) is 14.7 Å². The van der Waals surface area contributed by atoms with Crippen LogP contribution in [0.15, 0.2) is 60.2 Å². The Bertz CT molecular complexity index is 1580. The van der Waals surface area contributed by atoms with Gasteiger partial charge in [0.2, 0.25) is 5.95 Å². The smallest absolute Gasteiger partial charge is 0.302 e. The lowest BCUT2D eigenvalue weighted by molar-refractivity contribution is -0.132. The number of aromatic amines is 1. The summed E-state index contributed by atoms with van der Waals surface area (Å²) in [6.07, 6.45) is 0. The predicted octanol–water partition coefficient (Wildman–Crippen LogP) is 5.14. The first-order valence-corrected chi connectivity index (χ1v) is 11.2. The molecule has 5 rings (SSSR count). The summed E-state index contributed by atoms with van der Waals surface area (Å²) >= 11 is 6.10. The second-order valence-corrected chi connectivity index (χ2v) is 8.55. The predicted molar refractivity (Wildman–Crippen MR) is 132 cm³/mol. The Morgan fingerprint density at radius 3 is 2.54 bits per heavy atom. The first-order chi connectivity index (χ1) is 17.7. The van der Waals surface area contributed by atoms with Crippen LogP contribution >= 0.6 is 11.6 Å². The lowest BCUT2D eigenvalue weighted by Crippen LogP contribution is -2.30. The highest BCUT2D eigenvalue weighted by Gasteiger charge is 2.48. The first-order valence-electron chi connectivity index (χ1n) is 10.9. The van der Waals surface area contributed by atoms with Crippen LogP contribution in [0.3, 0.4) is 0 Å². The minimum absolute atomic E-state index is 0.0441. The van der Waals surface area contributed by atoms with Crippen molar-refractivity contribution in [3.05, 3.63) is 88.0 Å². The third-order valence-electron chi connectivity index (χ3n) is 6.02. The molecule has 1 saturated heterocycles. The third kappa shape index (κ3) is 4.05. The van der Waals surface area contributed by atoms with Crippen molar-refractivity contribution in [2.75, 3.05) is 19.1 Å². The molecule has 4 aromatic rings. The summed E-state index contributed by atoms with van der Waals surface area (Å²) in [5, 5.41) is 11.6. The molecule has 2 heterocycles. The topological polar surface area (TPSA) is 105 Å². The van der Waals surface area contributed by atoms with Crippen LogP contribution < -0.4 is 14.4 Å². The zero-order valence-electron chi connectivity index (χ0n) is 19.4. The number of aliphatic hydroxyl groups is 1. The van der Waals surface area contributed by atoms with Gasteiger partial charge in [-0.3, -0.25) is 14.5 Å². The number of nitrogens with zero attached hydrogens (tertiary/aromatic N) is 2. The number of aliphatic hydroxyl groups excluding tert-OH is 1. The molecule has 0 radical (unpaired) electrons. The highest BCUT2D eigenvalue weighted by Crippen LogP contribution is 2.43. The van der Waals surface area contributed by atoms with E-state index in [4.69, 9.17) is 21.1 Å². The van der Waals surface area contributed by atoms with E-state index in [0.717, 1.165) is 17.0 Å². The van der Waals surface area contributed by atoms with Crippen molar-refractivity contribution in [3.63, 3.8) is 0 Å². The van der Waals surface area contributed by atoms with E-state index in [9.17, 15) is 23.5 Å². The summed E-state index contributed by atoms with van der Waals surface area (Å²) in [4.78, 5) is 34.7. The molecule has 1 atom stereocenters. The molecule has 1 aliphatic rings. The van der Waals surface area contributed by atoms with E-state index < -0.39 is 35.1 Å². The zero-order chi connectivity index (χ0) is 26.4. The number of amides is 1. The second kappa shape index (κ2) is 9.21. The number of fused-ring (bicyclic) bond motifs is 1. The first kappa shape index (κ1) is 24.3. The third-order valence-corrected chi connectivity index (χ3v) is 6.33. The number of benzene rings is 3. The number of ether oxygens (including phenoxy) is 2. The minimum Gasteiger partial charge on any atom is -0.507 e. The largest absolute Gasteiger partial charge is 0.507 e. The highest BCUT2D eigenvalue weighted by atomic mass is 35.5. The van der Waals surface area contributed by atoms with Crippen molar-refractivity contribution in [3.8, 4) is 11.5 Å². The standard InChI is InChI=1S/C26H18ClF2N3O5/c1-36-14-5-3-4-12(8-14)22-21(23(33)13-6-7-15(27)20(9-13)37-2)24(34)25(35)32(22)26-30-18-10-16(28)17(29)11-19(18)31-26/h3-11,22,33H,1-2H3,(H,30,31)/b23-21+. The number of carbonyl (C=O) groups excluding carboxylic acids is 2. The van der Waals surface area contributed by atoms with E-state index in [1.54, 1.807) is 24.3 Å². The quantitative estimate of drug-likeness (QED) is 0.212. The van der Waals surface area contributed by atoms with Crippen molar-refractivity contribution in [2.24, 2.45) is 0 Å². The van der Waals surface area contributed by atoms with Gasteiger partial charge >= 0.3 is 5.91 Å².